The summed E-state index contributed by atoms with van der Waals surface area (Å²) in [6.07, 6.45) is 2.96. The van der Waals surface area contributed by atoms with E-state index in [1.807, 2.05) is 6.92 Å². The first kappa shape index (κ1) is 17.7. The Labute approximate surface area is 138 Å². The van der Waals surface area contributed by atoms with Gasteiger partial charge in [0.25, 0.3) is 5.91 Å². The van der Waals surface area contributed by atoms with Crippen LogP contribution in [0.25, 0.3) is 0 Å². The minimum absolute atomic E-state index is 0.0113. The molecule has 0 saturated heterocycles. The molecule has 0 fully saturated rings. The summed E-state index contributed by atoms with van der Waals surface area (Å²) in [5.41, 5.74) is 5.80. The molecule has 7 nitrogen and oxygen atoms in total. The Hall–Kier alpha value is -1.61. The Bertz CT molecular complexity index is 724. The third-order valence-electron chi connectivity index (χ3n) is 3.83. The quantitative estimate of drug-likeness (QED) is 0.684. The first-order valence-corrected chi connectivity index (χ1v) is 9.92. The van der Waals surface area contributed by atoms with E-state index in [1.54, 1.807) is 0 Å². The number of carbonyl (C=O) groups excluding carboxylic acids is 1. The van der Waals surface area contributed by atoms with Crippen LogP contribution in [0.2, 0.25) is 0 Å². The Balaban J connectivity index is 2.46. The van der Waals surface area contributed by atoms with Crippen LogP contribution in [-0.4, -0.2) is 31.2 Å². The summed E-state index contributed by atoms with van der Waals surface area (Å²) in [6.45, 7) is 1.88. The maximum Gasteiger partial charge on any atom is 0.311 e. The van der Waals surface area contributed by atoms with Gasteiger partial charge in [0.15, 0.2) is 0 Å². The van der Waals surface area contributed by atoms with Gasteiger partial charge >= 0.3 is 5.97 Å². The molecule has 1 atom stereocenters. The predicted octanol–water partition coefficient (Wildman–Crippen LogP) is 1.89. The third-order valence-corrected chi connectivity index (χ3v) is 6.48. The number of primary amides is 1. The molecule has 1 amide bonds. The highest BCUT2D eigenvalue weighted by Crippen LogP contribution is 2.43. The fraction of sp³-hybridized carbons (Fsp3) is 0.571. The number of hydrogen-bond acceptors (Lipinski definition) is 5. The summed E-state index contributed by atoms with van der Waals surface area (Å²) in [6, 6.07) is 0. The number of hydrogen-bond donors (Lipinski definition) is 3. The van der Waals surface area contributed by atoms with Crippen LogP contribution < -0.4 is 10.5 Å². The van der Waals surface area contributed by atoms with Gasteiger partial charge < -0.3 is 10.8 Å². The van der Waals surface area contributed by atoms with Gasteiger partial charge in [0.2, 0.25) is 10.0 Å². The topological polar surface area (TPSA) is 127 Å². The molecule has 1 aliphatic carbocycles. The zero-order chi connectivity index (χ0) is 17.2. The van der Waals surface area contributed by atoms with Crippen LogP contribution in [0, 0.1) is 0 Å². The molecule has 2 rings (SSSR count). The van der Waals surface area contributed by atoms with E-state index in [0.29, 0.717) is 31.2 Å². The van der Waals surface area contributed by atoms with E-state index < -0.39 is 27.8 Å². The maximum absolute atomic E-state index is 12.1. The number of sulfonamides is 1. The lowest BCUT2D eigenvalue weighted by Gasteiger charge is -2.19. The van der Waals surface area contributed by atoms with Gasteiger partial charge in [-0.05, 0) is 31.2 Å². The molecule has 0 spiro atoms. The standard InChI is InChI=1S/C14H20N2O5S2/c1-2-3-7-23(20,21)16-13-11(12(15)17)10-8(14(18)19)5-4-6-9(10)22-13/h8,16H,2-7H2,1H3,(H2,15,17)(H,18,19). The van der Waals surface area contributed by atoms with Crippen LogP contribution in [0.3, 0.4) is 0 Å². The van der Waals surface area contributed by atoms with Crippen molar-refractivity contribution in [3.8, 4) is 0 Å². The number of thiophene rings is 1. The summed E-state index contributed by atoms with van der Waals surface area (Å²) < 4.78 is 26.6. The first-order valence-electron chi connectivity index (χ1n) is 7.45. The Morgan fingerprint density at radius 3 is 2.70 bits per heavy atom. The largest absolute Gasteiger partial charge is 0.481 e. The smallest absolute Gasteiger partial charge is 0.311 e. The van der Waals surface area contributed by atoms with Gasteiger partial charge in [-0.15, -0.1) is 11.3 Å². The lowest BCUT2D eigenvalue weighted by molar-refractivity contribution is -0.139. The van der Waals surface area contributed by atoms with Crippen molar-refractivity contribution in [1.29, 1.82) is 0 Å². The van der Waals surface area contributed by atoms with Crippen LogP contribution in [0.4, 0.5) is 5.00 Å². The number of nitrogens with one attached hydrogen (secondary N) is 1. The zero-order valence-corrected chi connectivity index (χ0v) is 14.4. The van der Waals surface area contributed by atoms with E-state index in [1.165, 1.54) is 0 Å². The van der Waals surface area contributed by atoms with E-state index in [-0.39, 0.29) is 16.3 Å². The Morgan fingerprint density at radius 1 is 1.43 bits per heavy atom. The molecule has 1 aromatic rings. The van der Waals surface area contributed by atoms with Gasteiger partial charge in [-0.1, -0.05) is 13.3 Å². The molecule has 0 radical (unpaired) electrons. The van der Waals surface area contributed by atoms with Crippen LogP contribution in [0.15, 0.2) is 0 Å². The van der Waals surface area contributed by atoms with Crippen molar-refractivity contribution in [2.24, 2.45) is 5.73 Å². The number of anilines is 1. The molecule has 0 aromatic carbocycles. The molecular formula is C14H20N2O5S2. The zero-order valence-electron chi connectivity index (χ0n) is 12.8. The second kappa shape index (κ2) is 6.88. The molecule has 1 aromatic heterocycles. The van der Waals surface area contributed by atoms with Crippen LogP contribution in [0.5, 0.6) is 0 Å². The molecule has 23 heavy (non-hydrogen) atoms. The average Bonchev–Trinajstić information content (AvgIpc) is 2.81. The van der Waals surface area contributed by atoms with Gasteiger partial charge in [-0.2, -0.15) is 0 Å². The highest BCUT2D eigenvalue weighted by Gasteiger charge is 2.35. The lowest BCUT2D eigenvalue weighted by atomic mass is 9.85. The van der Waals surface area contributed by atoms with Crippen molar-refractivity contribution in [1.82, 2.24) is 0 Å². The predicted molar refractivity (Wildman–Crippen MR) is 88.5 cm³/mol. The van der Waals surface area contributed by atoms with Crippen molar-refractivity contribution >= 4 is 38.2 Å². The molecule has 1 unspecified atom stereocenters. The summed E-state index contributed by atoms with van der Waals surface area (Å²) in [4.78, 5) is 24.0. The van der Waals surface area contributed by atoms with Crippen molar-refractivity contribution in [2.45, 2.75) is 44.9 Å². The minimum Gasteiger partial charge on any atom is -0.481 e. The van der Waals surface area contributed by atoms with Gasteiger partial charge in [-0.3, -0.25) is 14.3 Å². The second-order valence-electron chi connectivity index (χ2n) is 5.56. The number of amides is 1. The average molecular weight is 360 g/mol. The van der Waals surface area contributed by atoms with E-state index in [0.717, 1.165) is 22.6 Å². The van der Waals surface area contributed by atoms with Gasteiger partial charge in [0, 0.05) is 4.88 Å². The molecule has 0 bridgehead atoms. The van der Waals surface area contributed by atoms with Crippen LogP contribution in [-0.2, 0) is 21.2 Å². The molecule has 0 saturated carbocycles. The molecule has 9 heteroatoms. The number of unbranched alkanes of at least 4 members (excludes halogenated alkanes) is 1. The van der Waals surface area contributed by atoms with Crippen LogP contribution in [0.1, 0.15) is 59.3 Å². The number of carboxylic acid groups (broad SMARTS) is 1. The molecule has 4 N–H and O–H groups in total. The SMILES string of the molecule is CCCCS(=O)(=O)Nc1sc2c(c1C(N)=O)C(C(=O)O)CCC2. The van der Waals surface area contributed by atoms with E-state index in [2.05, 4.69) is 4.72 Å². The minimum atomic E-state index is -3.58. The second-order valence-corrected chi connectivity index (χ2v) is 8.51. The van der Waals surface area contributed by atoms with Gasteiger partial charge in [-0.25, -0.2) is 8.42 Å². The fourth-order valence-corrected chi connectivity index (χ4v) is 5.61. The van der Waals surface area contributed by atoms with Crippen molar-refractivity contribution in [2.75, 3.05) is 10.5 Å². The number of nitrogens with two attached hydrogens (primary N) is 1. The molecule has 1 heterocycles. The number of fused-ring (bicyclic) bond motifs is 1. The number of rotatable bonds is 7. The van der Waals surface area contributed by atoms with E-state index in [4.69, 9.17) is 5.73 Å². The normalized spacial score (nSPS) is 17.5. The highest BCUT2D eigenvalue weighted by molar-refractivity contribution is 7.92. The summed E-state index contributed by atoms with van der Waals surface area (Å²) >= 11 is 1.12. The third kappa shape index (κ3) is 3.84. The van der Waals surface area contributed by atoms with E-state index in [9.17, 15) is 23.1 Å². The number of carbonyl (C=O) groups is 2. The fourth-order valence-electron chi connectivity index (χ4n) is 2.75. The van der Waals surface area contributed by atoms with Crippen LogP contribution >= 0.6 is 11.3 Å². The number of aliphatic carboxylic acids is 1. The van der Waals surface area contributed by atoms with E-state index >= 15 is 0 Å². The highest BCUT2D eigenvalue weighted by atomic mass is 32.2. The molecule has 1 aliphatic rings. The first-order chi connectivity index (χ1) is 10.8. The maximum atomic E-state index is 12.1. The molecule has 128 valence electrons. The summed E-state index contributed by atoms with van der Waals surface area (Å²) in [5.74, 6) is -2.69. The molecular weight excluding hydrogens is 340 g/mol. The number of aryl methyl sites for hydroxylation is 1. The summed E-state index contributed by atoms with van der Waals surface area (Å²) in [5, 5.41) is 9.51. The molecule has 0 aliphatic heterocycles. The lowest BCUT2D eigenvalue weighted by Crippen LogP contribution is -2.23. The number of carboxylic acids is 1. The Morgan fingerprint density at radius 2 is 2.13 bits per heavy atom. The Kier molecular flexibility index (Phi) is 5.30. The van der Waals surface area contributed by atoms with Crippen molar-refractivity contribution in [3.05, 3.63) is 16.0 Å². The summed E-state index contributed by atoms with van der Waals surface area (Å²) in [7, 11) is -3.58. The van der Waals surface area contributed by atoms with Crippen molar-refractivity contribution < 1.29 is 23.1 Å². The van der Waals surface area contributed by atoms with Gasteiger partial charge in [0.1, 0.15) is 5.00 Å². The van der Waals surface area contributed by atoms with Crippen molar-refractivity contribution in [3.63, 3.8) is 0 Å². The van der Waals surface area contributed by atoms with Gasteiger partial charge in [0.05, 0.1) is 17.2 Å². The monoisotopic (exact) mass is 360 g/mol.